The molecule has 0 aliphatic carbocycles. The topological polar surface area (TPSA) is 56.3 Å². The Labute approximate surface area is 117 Å². The van der Waals surface area contributed by atoms with Crippen LogP contribution in [0.2, 0.25) is 0 Å². The second kappa shape index (κ2) is 6.61. The van der Waals surface area contributed by atoms with Crippen LogP contribution in [0.1, 0.15) is 21.5 Å². The van der Waals surface area contributed by atoms with E-state index in [4.69, 9.17) is 4.74 Å². The Morgan fingerprint density at radius 1 is 1.05 bits per heavy atom. The zero-order valence-electron chi connectivity index (χ0n) is 11.2. The number of hydrogen-bond donors (Lipinski definition) is 0. The molecule has 0 amide bonds. The van der Waals surface area contributed by atoms with Crippen LogP contribution >= 0.6 is 0 Å². The van der Waals surface area contributed by atoms with Gasteiger partial charge >= 0.3 is 5.97 Å². The van der Waals surface area contributed by atoms with Gasteiger partial charge in [0.25, 0.3) is 0 Å². The lowest BCUT2D eigenvalue weighted by atomic mass is 10.1. The summed E-state index contributed by atoms with van der Waals surface area (Å²) in [5.74, 6) is -0.638. The number of rotatable bonds is 5. The number of nitrogens with zero attached hydrogens (tertiary/aromatic N) is 1. The molecule has 0 fully saturated rings. The fourth-order valence-corrected chi connectivity index (χ4v) is 1.69. The molecule has 2 rings (SSSR count). The summed E-state index contributed by atoms with van der Waals surface area (Å²) in [5, 5.41) is 0. The molecule has 1 heterocycles. The van der Waals surface area contributed by atoms with Crippen molar-refractivity contribution in [2.45, 2.75) is 13.3 Å². The highest BCUT2D eigenvalue weighted by Gasteiger charge is 2.10. The van der Waals surface area contributed by atoms with Gasteiger partial charge in [-0.05, 0) is 24.6 Å². The van der Waals surface area contributed by atoms with Gasteiger partial charge in [-0.1, -0.05) is 29.8 Å². The van der Waals surface area contributed by atoms with Crippen LogP contribution in [0.5, 0.6) is 0 Å². The molecule has 20 heavy (non-hydrogen) atoms. The Kier molecular flexibility index (Phi) is 4.60. The summed E-state index contributed by atoms with van der Waals surface area (Å²) < 4.78 is 4.98. The van der Waals surface area contributed by atoms with Gasteiger partial charge in [0.15, 0.2) is 12.4 Å². The van der Waals surface area contributed by atoms with Crippen LogP contribution in [-0.4, -0.2) is 23.3 Å². The molecule has 1 aromatic carbocycles. The second-order valence-electron chi connectivity index (χ2n) is 4.48. The molecule has 4 heteroatoms. The number of ether oxygens (including phenoxy) is 1. The van der Waals surface area contributed by atoms with Crippen molar-refractivity contribution in [1.29, 1.82) is 0 Å². The van der Waals surface area contributed by atoms with E-state index in [9.17, 15) is 9.59 Å². The molecule has 0 saturated heterocycles. The smallest absolute Gasteiger partial charge is 0.310 e. The Morgan fingerprint density at radius 2 is 1.70 bits per heavy atom. The van der Waals surface area contributed by atoms with Crippen molar-refractivity contribution in [3.63, 3.8) is 0 Å². The Morgan fingerprint density at radius 3 is 2.35 bits per heavy atom. The third kappa shape index (κ3) is 4.02. The molecule has 0 unspecified atom stereocenters. The third-order valence-corrected chi connectivity index (χ3v) is 2.84. The first-order valence-electron chi connectivity index (χ1n) is 6.29. The maximum Gasteiger partial charge on any atom is 0.310 e. The van der Waals surface area contributed by atoms with E-state index in [1.807, 2.05) is 31.2 Å². The lowest BCUT2D eigenvalue weighted by Gasteiger charge is -2.04. The van der Waals surface area contributed by atoms with E-state index in [1.54, 1.807) is 12.1 Å². The van der Waals surface area contributed by atoms with Crippen molar-refractivity contribution in [3.8, 4) is 0 Å². The molecule has 4 nitrogen and oxygen atoms in total. The van der Waals surface area contributed by atoms with Crippen LogP contribution in [0.15, 0.2) is 48.8 Å². The SMILES string of the molecule is Cc1ccc(CC(=O)OCC(=O)c2ccncc2)cc1. The fraction of sp³-hybridized carbons (Fsp3) is 0.188. The summed E-state index contributed by atoms with van der Waals surface area (Å²) >= 11 is 0. The molecule has 1 aromatic heterocycles. The van der Waals surface area contributed by atoms with E-state index in [-0.39, 0.29) is 18.8 Å². The van der Waals surface area contributed by atoms with Gasteiger partial charge in [-0.15, -0.1) is 0 Å². The normalized spacial score (nSPS) is 10.1. The number of aryl methyl sites for hydroxylation is 1. The maximum atomic E-state index is 11.7. The highest BCUT2D eigenvalue weighted by molar-refractivity contribution is 5.97. The minimum atomic E-state index is -0.406. The third-order valence-electron chi connectivity index (χ3n) is 2.84. The van der Waals surface area contributed by atoms with E-state index in [1.165, 1.54) is 12.4 Å². The number of Topliss-reactive ketones (excluding diaryl/α,β-unsaturated/α-hetero) is 1. The fourth-order valence-electron chi connectivity index (χ4n) is 1.69. The number of carbonyl (C=O) groups is 2. The van der Waals surface area contributed by atoms with Crippen molar-refractivity contribution >= 4 is 11.8 Å². The van der Waals surface area contributed by atoms with Gasteiger partial charge in [0.05, 0.1) is 6.42 Å². The van der Waals surface area contributed by atoms with Crippen LogP contribution in [0.25, 0.3) is 0 Å². The lowest BCUT2D eigenvalue weighted by Crippen LogP contribution is -2.15. The van der Waals surface area contributed by atoms with Crippen LogP contribution in [0.3, 0.4) is 0 Å². The minimum Gasteiger partial charge on any atom is -0.457 e. The van der Waals surface area contributed by atoms with Crippen molar-refractivity contribution in [1.82, 2.24) is 4.98 Å². The van der Waals surface area contributed by atoms with Gasteiger partial charge in [-0.2, -0.15) is 0 Å². The molecule has 0 spiro atoms. The molecule has 0 atom stereocenters. The number of carbonyl (C=O) groups excluding carboxylic acids is 2. The number of esters is 1. The molecule has 102 valence electrons. The molecular formula is C16H15NO3. The average molecular weight is 269 g/mol. The first-order valence-corrected chi connectivity index (χ1v) is 6.29. The number of ketones is 1. The molecule has 0 bridgehead atoms. The molecule has 2 aromatic rings. The Bertz CT molecular complexity index is 591. The quantitative estimate of drug-likeness (QED) is 0.617. The zero-order valence-corrected chi connectivity index (χ0v) is 11.2. The molecule has 0 radical (unpaired) electrons. The van der Waals surface area contributed by atoms with E-state index in [2.05, 4.69) is 4.98 Å². The summed E-state index contributed by atoms with van der Waals surface area (Å²) in [4.78, 5) is 27.2. The lowest BCUT2D eigenvalue weighted by molar-refractivity contribution is -0.141. The molecular weight excluding hydrogens is 254 g/mol. The first-order chi connectivity index (χ1) is 9.65. The van der Waals surface area contributed by atoms with Gasteiger partial charge < -0.3 is 4.74 Å². The maximum absolute atomic E-state index is 11.7. The van der Waals surface area contributed by atoms with Crippen LogP contribution in [-0.2, 0) is 16.0 Å². The first kappa shape index (κ1) is 13.9. The molecule has 0 aliphatic heterocycles. The summed E-state index contributed by atoms with van der Waals surface area (Å²) in [6.45, 7) is 1.74. The van der Waals surface area contributed by atoms with Gasteiger partial charge in [0, 0.05) is 18.0 Å². The van der Waals surface area contributed by atoms with Crippen molar-refractivity contribution in [3.05, 3.63) is 65.5 Å². The van der Waals surface area contributed by atoms with Crippen molar-refractivity contribution in [2.24, 2.45) is 0 Å². The standard InChI is InChI=1S/C16H15NO3/c1-12-2-4-13(5-3-12)10-16(19)20-11-15(18)14-6-8-17-9-7-14/h2-9H,10-11H2,1H3. The minimum absolute atomic E-state index is 0.171. The van der Waals surface area contributed by atoms with Crippen molar-refractivity contribution in [2.75, 3.05) is 6.61 Å². The molecule has 0 aliphatic rings. The van der Waals surface area contributed by atoms with E-state index in [0.29, 0.717) is 5.56 Å². The number of aromatic nitrogens is 1. The summed E-state index contributed by atoms with van der Waals surface area (Å²) in [7, 11) is 0. The summed E-state index contributed by atoms with van der Waals surface area (Å²) in [6.07, 6.45) is 3.23. The largest absolute Gasteiger partial charge is 0.457 e. The monoisotopic (exact) mass is 269 g/mol. The van der Waals surface area contributed by atoms with Gasteiger partial charge in [-0.3, -0.25) is 14.6 Å². The van der Waals surface area contributed by atoms with E-state index in [0.717, 1.165) is 11.1 Å². The Balaban J connectivity index is 1.83. The van der Waals surface area contributed by atoms with Crippen molar-refractivity contribution < 1.29 is 14.3 Å². The second-order valence-corrected chi connectivity index (χ2v) is 4.48. The highest BCUT2D eigenvalue weighted by Crippen LogP contribution is 2.05. The molecule has 0 saturated carbocycles. The van der Waals surface area contributed by atoms with E-state index >= 15 is 0 Å². The summed E-state index contributed by atoms with van der Waals surface area (Å²) in [5.41, 5.74) is 2.50. The Hall–Kier alpha value is -2.49. The number of pyridine rings is 1. The number of hydrogen-bond acceptors (Lipinski definition) is 4. The predicted molar refractivity (Wildman–Crippen MR) is 74.4 cm³/mol. The van der Waals surface area contributed by atoms with Gasteiger partial charge in [0.2, 0.25) is 0 Å². The van der Waals surface area contributed by atoms with Crippen LogP contribution in [0, 0.1) is 6.92 Å². The highest BCUT2D eigenvalue weighted by atomic mass is 16.5. The molecule has 0 N–H and O–H groups in total. The van der Waals surface area contributed by atoms with Crippen LogP contribution in [0.4, 0.5) is 0 Å². The predicted octanol–water partition coefficient (Wildman–Crippen LogP) is 2.36. The van der Waals surface area contributed by atoms with Crippen LogP contribution < -0.4 is 0 Å². The number of benzene rings is 1. The van der Waals surface area contributed by atoms with Gasteiger partial charge in [-0.25, -0.2) is 0 Å². The average Bonchev–Trinajstić information content (AvgIpc) is 2.48. The van der Waals surface area contributed by atoms with Gasteiger partial charge in [0.1, 0.15) is 0 Å². The summed E-state index contributed by atoms with van der Waals surface area (Å²) in [6, 6.07) is 10.8. The zero-order chi connectivity index (χ0) is 14.4. The van der Waals surface area contributed by atoms with E-state index < -0.39 is 5.97 Å².